The second kappa shape index (κ2) is 7.75. The van der Waals surface area contributed by atoms with Crippen molar-refractivity contribution in [3.8, 4) is 0 Å². The van der Waals surface area contributed by atoms with E-state index in [9.17, 15) is 9.59 Å². The van der Waals surface area contributed by atoms with Crippen molar-refractivity contribution < 1.29 is 14.3 Å². The number of amides is 2. The fourth-order valence-electron chi connectivity index (χ4n) is 2.65. The van der Waals surface area contributed by atoms with Crippen LogP contribution in [0, 0.1) is 5.92 Å². The Morgan fingerprint density at radius 1 is 1.00 bits per heavy atom. The lowest BCUT2D eigenvalue weighted by Crippen LogP contribution is -2.23. The first kappa shape index (κ1) is 16.2. The first-order valence-electron chi connectivity index (χ1n) is 8.03. The number of anilines is 2. The number of rotatable bonds is 5. The zero-order valence-electron chi connectivity index (χ0n) is 13.3. The Balaban J connectivity index is 1.58. The van der Waals surface area contributed by atoms with Crippen LogP contribution >= 0.6 is 0 Å². The Morgan fingerprint density at radius 3 is 2.46 bits per heavy atom. The number of hydrogen-bond acceptors (Lipinski definition) is 3. The van der Waals surface area contributed by atoms with Gasteiger partial charge in [0.05, 0.1) is 18.9 Å². The molecule has 5 nitrogen and oxygen atoms in total. The summed E-state index contributed by atoms with van der Waals surface area (Å²) in [5, 5.41) is 5.74. The third kappa shape index (κ3) is 4.43. The average Bonchev–Trinajstić information content (AvgIpc) is 3.10. The average molecular weight is 324 g/mol. The van der Waals surface area contributed by atoms with E-state index >= 15 is 0 Å². The van der Waals surface area contributed by atoms with Gasteiger partial charge in [-0.3, -0.25) is 9.59 Å². The quantitative estimate of drug-likeness (QED) is 0.889. The number of benzene rings is 2. The molecule has 1 aliphatic heterocycles. The van der Waals surface area contributed by atoms with E-state index in [1.54, 1.807) is 24.3 Å². The van der Waals surface area contributed by atoms with Crippen molar-refractivity contribution in [3.05, 3.63) is 60.2 Å². The molecule has 24 heavy (non-hydrogen) atoms. The molecule has 3 rings (SSSR count). The van der Waals surface area contributed by atoms with E-state index in [0.717, 1.165) is 12.0 Å². The monoisotopic (exact) mass is 324 g/mol. The predicted octanol–water partition coefficient (Wildman–Crippen LogP) is 2.84. The van der Waals surface area contributed by atoms with Crippen molar-refractivity contribution in [2.75, 3.05) is 23.8 Å². The van der Waals surface area contributed by atoms with Crippen LogP contribution in [-0.2, 0) is 20.7 Å². The Kier molecular flexibility index (Phi) is 5.23. The molecule has 0 aliphatic carbocycles. The van der Waals surface area contributed by atoms with Crippen LogP contribution in [-0.4, -0.2) is 25.0 Å². The fraction of sp³-hybridized carbons (Fsp3) is 0.263. The lowest BCUT2D eigenvalue weighted by atomic mass is 10.1. The summed E-state index contributed by atoms with van der Waals surface area (Å²) in [5.41, 5.74) is 2.29. The number of ether oxygens (including phenoxy) is 1. The van der Waals surface area contributed by atoms with Crippen molar-refractivity contribution in [2.45, 2.75) is 12.8 Å². The molecule has 0 bridgehead atoms. The minimum atomic E-state index is -0.0960. The summed E-state index contributed by atoms with van der Waals surface area (Å²) < 4.78 is 5.23. The van der Waals surface area contributed by atoms with Gasteiger partial charge in [0.15, 0.2) is 0 Å². The van der Waals surface area contributed by atoms with E-state index in [-0.39, 0.29) is 17.7 Å². The van der Waals surface area contributed by atoms with Gasteiger partial charge >= 0.3 is 0 Å². The maximum Gasteiger partial charge on any atom is 0.229 e. The van der Waals surface area contributed by atoms with E-state index < -0.39 is 0 Å². The standard InChI is InChI=1S/C19H20N2O3/c22-18(11-14-5-2-1-3-6-14)20-16-7-4-8-17(12-16)21-19(23)15-9-10-24-13-15/h1-8,12,15H,9-11,13H2,(H,20,22)(H,21,23). The largest absolute Gasteiger partial charge is 0.381 e. The van der Waals surface area contributed by atoms with Crippen LogP contribution in [0.25, 0.3) is 0 Å². The van der Waals surface area contributed by atoms with Gasteiger partial charge in [-0.1, -0.05) is 36.4 Å². The van der Waals surface area contributed by atoms with Gasteiger partial charge in [-0.2, -0.15) is 0 Å². The molecule has 0 aromatic heterocycles. The Morgan fingerprint density at radius 2 is 1.75 bits per heavy atom. The minimum absolute atomic E-state index is 0.0414. The van der Waals surface area contributed by atoms with E-state index in [4.69, 9.17) is 4.74 Å². The summed E-state index contributed by atoms with van der Waals surface area (Å²) >= 11 is 0. The summed E-state index contributed by atoms with van der Waals surface area (Å²) in [5.74, 6) is -0.226. The molecule has 0 spiro atoms. The molecule has 2 N–H and O–H groups in total. The van der Waals surface area contributed by atoms with E-state index in [1.165, 1.54) is 0 Å². The van der Waals surface area contributed by atoms with E-state index in [1.807, 2.05) is 30.3 Å². The van der Waals surface area contributed by atoms with Crippen LogP contribution in [0.4, 0.5) is 11.4 Å². The molecular formula is C19H20N2O3. The Bertz CT molecular complexity index is 710. The topological polar surface area (TPSA) is 67.4 Å². The third-order valence-electron chi connectivity index (χ3n) is 3.92. The second-order valence-electron chi connectivity index (χ2n) is 5.84. The smallest absolute Gasteiger partial charge is 0.229 e. The molecule has 1 aliphatic rings. The van der Waals surface area contributed by atoms with Gasteiger partial charge in [0, 0.05) is 18.0 Å². The molecule has 1 saturated heterocycles. The molecular weight excluding hydrogens is 304 g/mol. The Labute approximate surface area is 141 Å². The maximum atomic E-state index is 12.1. The highest BCUT2D eigenvalue weighted by Gasteiger charge is 2.23. The van der Waals surface area contributed by atoms with Gasteiger partial charge in [0.1, 0.15) is 0 Å². The molecule has 2 amide bonds. The zero-order valence-corrected chi connectivity index (χ0v) is 13.3. The Hall–Kier alpha value is -2.66. The molecule has 124 valence electrons. The molecule has 2 aromatic rings. The van der Waals surface area contributed by atoms with Crippen LogP contribution < -0.4 is 10.6 Å². The lowest BCUT2D eigenvalue weighted by molar-refractivity contribution is -0.119. The zero-order chi connectivity index (χ0) is 16.8. The molecule has 1 atom stereocenters. The molecule has 0 radical (unpaired) electrons. The maximum absolute atomic E-state index is 12.1. The molecule has 0 saturated carbocycles. The molecule has 1 unspecified atom stereocenters. The SMILES string of the molecule is O=C(Cc1ccccc1)Nc1cccc(NC(=O)C2CCOC2)c1. The summed E-state index contributed by atoms with van der Waals surface area (Å²) in [6, 6.07) is 16.7. The summed E-state index contributed by atoms with van der Waals surface area (Å²) in [6.07, 6.45) is 1.07. The van der Waals surface area contributed by atoms with E-state index in [0.29, 0.717) is 31.0 Å². The van der Waals surface area contributed by atoms with Gasteiger partial charge in [0.2, 0.25) is 11.8 Å². The summed E-state index contributed by atoms with van der Waals surface area (Å²) in [6.45, 7) is 1.10. The van der Waals surface area contributed by atoms with Gasteiger partial charge in [0.25, 0.3) is 0 Å². The highest BCUT2D eigenvalue weighted by Crippen LogP contribution is 2.19. The molecule has 5 heteroatoms. The van der Waals surface area contributed by atoms with Gasteiger partial charge in [-0.05, 0) is 30.2 Å². The van der Waals surface area contributed by atoms with Crippen molar-refractivity contribution >= 4 is 23.2 Å². The highest BCUT2D eigenvalue weighted by molar-refractivity contribution is 5.95. The van der Waals surface area contributed by atoms with Crippen LogP contribution in [0.5, 0.6) is 0 Å². The van der Waals surface area contributed by atoms with Crippen LogP contribution in [0.15, 0.2) is 54.6 Å². The first-order valence-corrected chi connectivity index (χ1v) is 8.03. The summed E-state index contributed by atoms with van der Waals surface area (Å²) in [4.78, 5) is 24.2. The number of carbonyl (C=O) groups is 2. The first-order chi connectivity index (χ1) is 11.7. The second-order valence-corrected chi connectivity index (χ2v) is 5.84. The summed E-state index contributed by atoms with van der Waals surface area (Å²) in [7, 11) is 0. The molecule has 2 aromatic carbocycles. The lowest BCUT2D eigenvalue weighted by Gasteiger charge is -2.11. The van der Waals surface area contributed by atoms with E-state index in [2.05, 4.69) is 10.6 Å². The third-order valence-corrected chi connectivity index (χ3v) is 3.92. The number of nitrogens with one attached hydrogen (secondary N) is 2. The molecule has 1 heterocycles. The van der Waals surface area contributed by atoms with Crippen molar-refractivity contribution in [1.82, 2.24) is 0 Å². The highest BCUT2D eigenvalue weighted by atomic mass is 16.5. The van der Waals surface area contributed by atoms with Crippen molar-refractivity contribution in [1.29, 1.82) is 0 Å². The van der Waals surface area contributed by atoms with Gasteiger partial charge < -0.3 is 15.4 Å². The predicted molar refractivity (Wildman–Crippen MR) is 92.8 cm³/mol. The molecule has 1 fully saturated rings. The van der Waals surface area contributed by atoms with Gasteiger partial charge in [-0.25, -0.2) is 0 Å². The van der Waals surface area contributed by atoms with Gasteiger partial charge in [-0.15, -0.1) is 0 Å². The van der Waals surface area contributed by atoms with Crippen LogP contribution in [0.2, 0.25) is 0 Å². The fourth-order valence-corrected chi connectivity index (χ4v) is 2.65. The van der Waals surface area contributed by atoms with Crippen molar-refractivity contribution in [2.24, 2.45) is 5.92 Å². The van der Waals surface area contributed by atoms with Crippen LogP contribution in [0.1, 0.15) is 12.0 Å². The van der Waals surface area contributed by atoms with Crippen LogP contribution in [0.3, 0.4) is 0 Å². The minimum Gasteiger partial charge on any atom is -0.381 e. The normalized spacial score (nSPS) is 16.6. The van der Waals surface area contributed by atoms with Crippen molar-refractivity contribution in [3.63, 3.8) is 0 Å². The number of hydrogen-bond donors (Lipinski definition) is 2. The number of carbonyl (C=O) groups excluding carboxylic acids is 2.